The van der Waals surface area contributed by atoms with Gasteiger partial charge in [0.15, 0.2) is 5.78 Å². The third kappa shape index (κ3) is 3.64. The van der Waals surface area contributed by atoms with Gasteiger partial charge in [0.2, 0.25) is 0 Å². The largest absolute Gasteiger partial charge is 0.294 e. The molecular weight excluding hydrogens is 396 g/mol. The first-order valence-corrected chi connectivity index (χ1v) is 8.74. The van der Waals surface area contributed by atoms with Gasteiger partial charge in [0.1, 0.15) is 0 Å². The summed E-state index contributed by atoms with van der Waals surface area (Å²) in [4.78, 5) is 12.4. The first kappa shape index (κ1) is 15.0. The molecule has 1 aromatic carbocycles. The zero-order valence-electron chi connectivity index (χ0n) is 11.6. The Kier molecular flexibility index (Phi) is 4.60. The highest BCUT2D eigenvalue weighted by Crippen LogP contribution is 2.29. The van der Waals surface area contributed by atoms with Crippen LogP contribution in [0.3, 0.4) is 0 Å². The van der Waals surface area contributed by atoms with Crippen molar-refractivity contribution in [3.8, 4) is 0 Å². The highest BCUT2D eigenvalue weighted by molar-refractivity contribution is 9.11. The lowest BCUT2D eigenvalue weighted by Gasteiger charge is -2.08. The third-order valence-corrected chi connectivity index (χ3v) is 4.80. The topological polar surface area (TPSA) is 34.9 Å². The summed E-state index contributed by atoms with van der Waals surface area (Å²) in [5.74, 6) is 0.0914. The Morgan fingerprint density at radius 2 is 1.86 bits per heavy atom. The van der Waals surface area contributed by atoms with Crippen LogP contribution in [0.1, 0.15) is 47.8 Å². The molecule has 2 aromatic rings. The lowest BCUT2D eigenvalue weighted by molar-refractivity contribution is 0.0991. The Bertz CT molecular complexity index is 640. The molecule has 1 heterocycles. The molecule has 0 atom stereocenters. The van der Waals surface area contributed by atoms with Gasteiger partial charge in [-0.15, -0.1) is 0 Å². The maximum atomic E-state index is 12.4. The van der Waals surface area contributed by atoms with E-state index in [0.717, 1.165) is 14.6 Å². The van der Waals surface area contributed by atoms with E-state index in [9.17, 15) is 4.79 Å². The van der Waals surface area contributed by atoms with Crippen LogP contribution in [-0.4, -0.2) is 15.6 Å². The molecule has 3 rings (SSSR count). The van der Waals surface area contributed by atoms with Crippen LogP contribution >= 0.6 is 31.9 Å². The molecular formula is C16H16Br2N2O. The van der Waals surface area contributed by atoms with Gasteiger partial charge < -0.3 is 0 Å². The third-order valence-electron chi connectivity index (χ3n) is 3.89. The van der Waals surface area contributed by atoms with Gasteiger partial charge in [0.05, 0.1) is 18.2 Å². The monoisotopic (exact) mass is 410 g/mol. The molecule has 0 aliphatic heterocycles. The van der Waals surface area contributed by atoms with Crippen LogP contribution in [0.25, 0.3) is 0 Å². The van der Waals surface area contributed by atoms with Gasteiger partial charge in [-0.1, -0.05) is 44.7 Å². The van der Waals surface area contributed by atoms with Gasteiger partial charge in [-0.2, -0.15) is 5.10 Å². The van der Waals surface area contributed by atoms with Crippen molar-refractivity contribution in [2.75, 3.05) is 0 Å². The van der Waals surface area contributed by atoms with E-state index in [4.69, 9.17) is 0 Å². The lowest BCUT2D eigenvalue weighted by atomic mass is 10.1. The summed E-state index contributed by atoms with van der Waals surface area (Å²) in [5.41, 5.74) is 1.55. The standard InChI is InChI=1S/C16H16Br2N2O/c17-12-7-11(8-13(18)9-12)16(21)10-14-5-6-20(19-14)15-3-1-2-4-15/h5-9,15H,1-4,10H2. The van der Waals surface area contributed by atoms with E-state index >= 15 is 0 Å². The number of aromatic nitrogens is 2. The number of halogens is 2. The van der Waals surface area contributed by atoms with Gasteiger partial charge in [0, 0.05) is 20.7 Å². The predicted molar refractivity (Wildman–Crippen MR) is 89.6 cm³/mol. The molecule has 3 nitrogen and oxygen atoms in total. The number of benzene rings is 1. The van der Waals surface area contributed by atoms with E-state index in [0.29, 0.717) is 18.0 Å². The molecule has 1 fully saturated rings. The van der Waals surface area contributed by atoms with E-state index in [1.807, 2.05) is 35.1 Å². The molecule has 0 N–H and O–H groups in total. The summed E-state index contributed by atoms with van der Waals surface area (Å²) in [5, 5.41) is 4.57. The second kappa shape index (κ2) is 6.44. The quantitative estimate of drug-likeness (QED) is 0.667. The number of nitrogens with zero attached hydrogens (tertiary/aromatic N) is 2. The minimum Gasteiger partial charge on any atom is -0.294 e. The zero-order chi connectivity index (χ0) is 14.8. The molecule has 0 amide bonds. The fraction of sp³-hybridized carbons (Fsp3) is 0.375. The van der Waals surface area contributed by atoms with E-state index < -0.39 is 0 Å². The van der Waals surface area contributed by atoms with E-state index in [-0.39, 0.29) is 5.78 Å². The molecule has 0 bridgehead atoms. The second-order valence-corrected chi connectivity index (χ2v) is 7.31. The van der Waals surface area contributed by atoms with Gasteiger partial charge in [-0.3, -0.25) is 9.48 Å². The van der Waals surface area contributed by atoms with Gasteiger partial charge in [-0.25, -0.2) is 0 Å². The number of hydrogen-bond acceptors (Lipinski definition) is 2. The molecule has 5 heteroatoms. The van der Waals surface area contributed by atoms with Crippen molar-refractivity contribution in [3.63, 3.8) is 0 Å². The van der Waals surface area contributed by atoms with Crippen molar-refractivity contribution in [1.82, 2.24) is 9.78 Å². The Hall–Kier alpha value is -0.940. The molecule has 1 saturated carbocycles. The highest BCUT2D eigenvalue weighted by Gasteiger charge is 2.18. The minimum absolute atomic E-state index is 0.0914. The number of carbonyl (C=O) groups excluding carboxylic acids is 1. The second-order valence-electron chi connectivity index (χ2n) is 5.48. The van der Waals surface area contributed by atoms with Crippen LogP contribution < -0.4 is 0 Å². The van der Waals surface area contributed by atoms with Crippen molar-refractivity contribution < 1.29 is 4.79 Å². The first-order valence-electron chi connectivity index (χ1n) is 7.15. The van der Waals surface area contributed by atoms with Crippen LogP contribution in [0.4, 0.5) is 0 Å². The molecule has 21 heavy (non-hydrogen) atoms. The summed E-state index contributed by atoms with van der Waals surface area (Å²) in [6.45, 7) is 0. The summed E-state index contributed by atoms with van der Waals surface area (Å²) < 4.78 is 3.83. The van der Waals surface area contributed by atoms with E-state index in [1.165, 1.54) is 25.7 Å². The van der Waals surface area contributed by atoms with Crippen molar-refractivity contribution >= 4 is 37.6 Å². The Labute approximate surface area is 141 Å². The summed E-state index contributed by atoms with van der Waals surface area (Å²) in [6, 6.07) is 8.10. The summed E-state index contributed by atoms with van der Waals surface area (Å²) in [6.07, 6.45) is 7.33. The summed E-state index contributed by atoms with van der Waals surface area (Å²) in [7, 11) is 0. The maximum Gasteiger partial charge on any atom is 0.168 e. The number of ketones is 1. The van der Waals surface area contributed by atoms with Crippen molar-refractivity contribution in [3.05, 3.63) is 50.7 Å². The Morgan fingerprint density at radius 3 is 2.52 bits per heavy atom. The zero-order valence-corrected chi connectivity index (χ0v) is 14.7. The van der Waals surface area contributed by atoms with Gasteiger partial charge >= 0.3 is 0 Å². The number of carbonyl (C=O) groups is 1. The molecule has 1 aromatic heterocycles. The Morgan fingerprint density at radius 1 is 1.19 bits per heavy atom. The Balaban J connectivity index is 1.72. The molecule has 1 aliphatic carbocycles. The van der Waals surface area contributed by atoms with Crippen molar-refractivity contribution in [2.24, 2.45) is 0 Å². The molecule has 1 aliphatic rings. The molecule has 0 unspecified atom stereocenters. The first-order chi connectivity index (χ1) is 10.1. The normalized spacial score (nSPS) is 15.5. The fourth-order valence-electron chi connectivity index (χ4n) is 2.83. The number of Topliss-reactive ketones (excluding diaryl/α,β-unsaturated/α-hetero) is 1. The van der Waals surface area contributed by atoms with Crippen LogP contribution in [0, 0.1) is 0 Å². The average molecular weight is 412 g/mol. The van der Waals surface area contributed by atoms with E-state index in [1.54, 1.807) is 0 Å². The molecule has 0 spiro atoms. The molecule has 0 saturated heterocycles. The van der Waals surface area contributed by atoms with Gasteiger partial charge in [0.25, 0.3) is 0 Å². The number of rotatable bonds is 4. The molecule has 0 radical (unpaired) electrons. The molecule has 110 valence electrons. The van der Waals surface area contributed by atoms with Gasteiger partial charge in [-0.05, 0) is 37.1 Å². The average Bonchev–Trinajstić information content (AvgIpc) is 3.07. The minimum atomic E-state index is 0.0914. The number of hydrogen-bond donors (Lipinski definition) is 0. The van der Waals surface area contributed by atoms with Crippen molar-refractivity contribution in [2.45, 2.75) is 38.1 Å². The van der Waals surface area contributed by atoms with Crippen LogP contribution in [0.2, 0.25) is 0 Å². The van der Waals surface area contributed by atoms with Crippen LogP contribution in [0.5, 0.6) is 0 Å². The maximum absolute atomic E-state index is 12.4. The van der Waals surface area contributed by atoms with Crippen LogP contribution in [0.15, 0.2) is 39.4 Å². The fourth-order valence-corrected chi connectivity index (χ4v) is 4.12. The smallest absolute Gasteiger partial charge is 0.168 e. The van der Waals surface area contributed by atoms with Crippen LogP contribution in [-0.2, 0) is 6.42 Å². The SMILES string of the molecule is O=C(Cc1ccn(C2CCCC2)n1)c1cc(Br)cc(Br)c1. The predicted octanol–water partition coefficient (Wildman–Crippen LogP) is 4.95. The lowest BCUT2D eigenvalue weighted by Crippen LogP contribution is -2.08. The summed E-state index contributed by atoms with van der Waals surface area (Å²) >= 11 is 6.83. The highest BCUT2D eigenvalue weighted by atomic mass is 79.9. The van der Waals surface area contributed by atoms with E-state index in [2.05, 4.69) is 37.0 Å². The van der Waals surface area contributed by atoms with Crippen molar-refractivity contribution in [1.29, 1.82) is 0 Å².